The van der Waals surface area contributed by atoms with Crippen molar-refractivity contribution in [2.45, 2.75) is 39.0 Å². The van der Waals surface area contributed by atoms with Crippen molar-refractivity contribution in [3.63, 3.8) is 0 Å². The number of pyridine rings is 1. The first-order chi connectivity index (χ1) is 14.3. The van der Waals surface area contributed by atoms with Crippen molar-refractivity contribution in [1.82, 2.24) is 24.9 Å². The number of nitrogens with one attached hydrogen (secondary N) is 1. The molecule has 2 aromatic rings. The van der Waals surface area contributed by atoms with Gasteiger partial charge in [-0.1, -0.05) is 17.7 Å². The lowest BCUT2D eigenvalue weighted by Gasteiger charge is -2.30. The number of hydrogen-bond acceptors (Lipinski definition) is 5. The molecule has 0 atom stereocenters. The van der Waals surface area contributed by atoms with Crippen LogP contribution >= 0.6 is 11.6 Å². The van der Waals surface area contributed by atoms with Crippen LogP contribution in [0.15, 0.2) is 40.5 Å². The van der Waals surface area contributed by atoms with E-state index in [1.54, 1.807) is 25.4 Å². The molecule has 0 aliphatic carbocycles. The third kappa shape index (κ3) is 5.38. The number of nitrogens with zero attached hydrogens (tertiary/aromatic N) is 5. The minimum Gasteiger partial charge on any atom is -0.363 e. The van der Waals surface area contributed by atoms with Crippen LogP contribution < -0.4 is 5.43 Å². The molecule has 0 saturated heterocycles. The zero-order chi connectivity index (χ0) is 21.7. The predicted molar refractivity (Wildman–Crippen MR) is 106 cm³/mol. The largest absolute Gasteiger partial charge is 0.394 e. The standard InChI is InChI=1S/C19H20ClF3N6O/c1-13(20)18(8-26-27-12-30)28-6-4-17-16(10-28)25-11-29(17)9-14-3-2-5-24-15(14)7-19(21,22)23/h2-3,5,8,11-12H,4,6-7,9-10H2,1H3,(H,27,30)/b18-13-,26-8-. The number of carbonyl (C=O) groups excluding carboxylic acids is 1. The second kappa shape index (κ2) is 9.29. The summed E-state index contributed by atoms with van der Waals surface area (Å²) in [4.78, 5) is 20.7. The number of carbonyl (C=O) groups is 1. The molecular formula is C19H20ClF3N6O. The fourth-order valence-electron chi connectivity index (χ4n) is 3.38. The average Bonchev–Trinajstić information content (AvgIpc) is 3.07. The summed E-state index contributed by atoms with van der Waals surface area (Å²) < 4.78 is 40.4. The molecule has 0 spiro atoms. The van der Waals surface area contributed by atoms with Gasteiger partial charge in [-0.3, -0.25) is 9.78 Å². The summed E-state index contributed by atoms with van der Waals surface area (Å²) in [6, 6.07) is 3.29. The highest BCUT2D eigenvalue weighted by molar-refractivity contribution is 6.30. The van der Waals surface area contributed by atoms with E-state index >= 15 is 0 Å². The van der Waals surface area contributed by atoms with Gasteiger partial charge in [0, 0.05) is 29.9 Å². The Hall–Kier alpha value is -2.88. The molecule has 3 rings (SSSR count). The van der Waals surface area contributed by atoms with Crippen molar-refractivity contribution >= 4 is 24.2 Å². The van der Waals surface area contributed by atoms with Crippen molar-refractivity contribution in [2.24, 2.45) is 5.10 Å². The van der Waals surface area contributed by atoms with Gasteiger partial charge in [0.05, 0.1) is 49.1 Å². The Bertz CT molecular complexity index is 965. The second-order valence-corrected chi connectivity index (χ2v) is 7.33. The number of aromatic nitrogens is 3. The van der Waals surface area contributed by atoms with Crippen LogP contribution in [0.2, 0.25) is 0 Å². The van der Waals surface area contributed by atoms with Crippen molar-refractivity contribution in [1.29, 1.82) is 0 Å². The molecule has 30 heavy (non-hydrogen) atoms. The third-order valence-corrected chi connectivity index (χ3v) is 4.89. The number of imidazole rings is 1. The lowest BCUT2D eigenvalue weighted by molar-refractivity contribution is -0.128. The number of rotatable bonds is 7. The maximum Gasteiger partial charge on any atom is 0.394 e. The molecule has 1 aliphatic heterocycles. The zero-order valence-electron chi connectivity index (χ0n) is 16.2. The lowest BCUT2D eigenvalue weighted by atomic mass is 10.1. The molecule has 1 N–H and O–H groups in total. The van der Waals surface area contributed by atoms with Crippen molar-refractivity contribution in [2.75, 3.05) is 6.54 Å². The third-order valence-electron chi connectivity index (χ3n) is 4.69. The van der Waals surface area contributed by atoms with Gasteiger partial charge in [0.2, 0.25) is 6.41 Å². The molecule has 160 valence electrons. The van der Waals surface area contributed by atoms with Gasteiger partial charge >= 0.3 is 6.18 Å². The van der Waals surface area contributed by atoms with E-state index in [0.29, 0.717) is 42.2 Å². The van der Waals surface area contributed by atoms with Crippen LogP contribution in [0.1, 0.15) is 29.6 Å². The number of alkyl halides is 3. The quantitative estimate of drug-likeness (QED) is 0.408. The number of halogens is 4. The maximum absolute atomic E-state index is 12.9. The Morgan fingerprint density at radius 3 is 2.90 bits per heavy atom. The molecule has 1 amide bonds. The molecule has 11 heteroatoms. The Balaban J connectivity index is 1.79. The summed E-state index contributed by atoms with van der Waals surface area (Å²) in [7, 11) is 0. The number of allylic oxidation sites excluding steroid dienone is 2. The van der Waals surface area contributed by atoms with Gasteiger partial charge in [-0.2, -0.15) is 18.3 Å². The van der Waals surface area contributed by atoms with Crippen LogP contribution in [-0.4, -0.2) is 44.8 Å². The summed E-state index contributed by atoms with van der Waals surface area (Å²) in [5.41, 5.74) is 5.18. The van der Waals surface area contributed by atoms with Crippen molar-refractivity contribution in [3.05, 3.63) is 58.0 Å². The predicted octanol–water partition coefficient (Wildman–Crippen LogP) is 2.99. The van der Waals surface area contributed by atoms with E-state index in [1.807, 2.05) is 9.47 Å². The Morgan fingerprint density at radius 2 is 2.20 bits per heavy atom. The Labute approximate surface area is 176 Å². The van der Waals surface area contributed by atoms with E-state index in [4.69, 9.17) is 11.6 Å². The molecular weight excluding hydrogens is 421 g/mol. The first-order valence-electron chi connectivity index (χ1n) is 9.14. The summed E-state index contributed by atoms with van der Waals surface area (Å²) in [5.74, 6) is 0. The molecule has 2 aromatic heterocycles. The molecule has 0 aromatic carbocycles. The van der Waals surface area contributed by atoms with Crippen LogP contribution in [0, 0.1) is 0 Å². The van der Waals surface area contributed by atoms with E-state index in [0.717, 1.165) is 11.4 Å². The van der Waals surface area contributed by atoms with Crippen LogP contribution in [0.3, 0.4) is 0 Å². The van der Waals surface area contributed by atoms with E-state index in [2.05, 4.69) is 20.5 Å². The van der Waals surface area contributed by atoms with E-state index in [9.17, 15) is 18.0 Å². The normalized spacial score (nSPS) is 15.2. The number of amides is 1. The van der Waals surface area contributed by atoms with Crippen LogP contribution in [0.5, 0.6) is 0 Å². The molecule has 0 saturated carbocycles. The average molecular weight is 441 g/mol. The number of hydrogen-bond donors (Lipinski definition) is 1. The molecule has 7 nitrogen and oxygen atoms in total. The number of fused-ring (bicyclic) bond motifs is 1. The molecule has 0 radical (unpaired) electrons. The van der Waals surface area contributed by atoms with E-state index in [-0.39, 0.29) is 12.2 Å². The van der Waals surface area contributed by atoms with Gasteiger partial charge in [0.15, 0.2) is 0 Å². The van der Waals surface area contributed by atoms with Gasteiger partial charge in [-0.25, -0.2) is 10.4 Å². The van der Waals surface area contributed by atoms with Gasteiger partial charge in [0.1, 0.15) is 0 Å². The highest BCUT2D eigenvalue weighted by Crippen LogP contribution is 2.26. The topological polar surface area (TPSA) is 75.4 Å². The Kier molecular flexibility index (Phi) is 6.76. The van der Waals surface area contributed by atoms with Crippen LogP contribution in [0.25, 0.3) is 0 Å². The lowest BCUT2D eigenvalue weighted by Crippen LogP contribution is -2.32. The van der Waals surface area contributed by atoms with Gasteiger partial charge in [-0.15, -0.1) is 0 Å². The minimum atomic E-state index is -4.32. The molecule has 0 bridgehead atoms. The molecule has 1 aliphatic rings. The smallest absolute Gasteiger partial charge is 0.363 e. The van der Waals surface area contributed by atoms with Crippen LogP contribution in [0.4, 0.5) is 13.2 Å². The fraction of sp³-hybridized carbons (Fsp3) is 0.368. The maximum atomic E-state index is 12.9. The zero-order valence-corrected chi connectivity index (χ0v) is 16.9. The molecule has 0 fully saturated rings. The highest BCUT2D eigenvalue weighted by Gasteiger charge is 2.30. The second-order valence-electron chi connectivity index (χ2n) is 6.76. The first-order valence-corrected chi connectivity index (χ1v) is 9.52. The summed E-state index contributed by atoms with van der Waals surface area (Å²) >= 11 is 6.17. The monoisotopic (exact) mass is 440 g/mol. The summed E-state index contributed by atoms with van der Waals surface area (Å²) in [5, 5.41) is 4.31. The van der Waals surface area contributed by atoms with Gasteiger partial charge < -0.3 is 9.47 Å². The molecule has 3 heterocycles. The van der Waals surface area contributed by atoms with E-state index < -0.39 is 12.6 Å². The van der Waals surface area contributed by atoms with Crippen molar-refractivity contribution < 1.29 is 18.0 Å². The van der Waals surface area contributed by atoms with Gasteiger partial charge in [0.25, 0.3) is 0 Å². The van der Waals surface area contributed by atoms with Gasteiger partial charge in [-0.05, 0) is 18.6 Å². The van der Waals surface area contributed by atoms with Crippen molar-refractivity contribution in [3.8, 4) is 0 Å². The van der Waals surface area contributed by atoms with E-state index in [1.165, 1.54) is 12.4 Å². The number of hydrazone groups is 1. The minimum absolute atomic E-state index is 0.0201. The highest BCUT2D eigenvalue weighted by atomic mass is 35.5. The summed E-state index contributed by atoms with van der Waals surface area (Å²) in [6.45, 7) is 3.08. The fourth-order valence-corrected chi connectivity index (χ4v) is 3.55. The first kappa shape index (κ1) is 21.8. The SMILES string of the molecule is C/C(Cl)=C(\C=N/NC=O)N1CCc2c(ncn2Cc2cccnc2CC(F)(F)F)C1. The summed E-state index contributed by atoms with van der Waals surface area (Å²) in [6.07, 6.45) is 0.183. The Morgan fingerprint density at radius 1 is 1.40 bits per heavy atom. The van der Waals surface area contributed by atoms with Crippen LogP contribution in [-0.2, 0) is 30.7 Å². The molecule has 0 unspecified atom stereocenters.